The maximum absolute atomic E-state index is 9.20. The number of aliphatic hydroxyl groups is 1. The lowest BCUT2D eigenvalue weighted by Gasteiger charge is -2.14. The molecule has 1 heterocycles. The first kappa shape index (κ1) is 16.0. The Labute approximate surface area is 125 Å². The molecular formula is C15H23NO5. The van der Waals surface area contributed by atoms with Gasteiger partial charge in [-0.2, -0.15) is 0 Å². The monoisotopic (exact) mass is 297 g/mol. The molecule has 0 fully saturated rings. The zero-order chi connectivity index (χ0) is 14.8. The van der Waals surface area contributed by atoms with E-state index in [9.17, 15) is 5.11 Å². The number of hydrogen-bond donors (Lipinski definition) is 2. The number of aliphatic hydroxyl groups excluding tert-OH is 1. The Morgan fingerprint density at radius 1 is 0.857 bits per heavy atom. The van der Waals surface area contributed by atoms with Crippen molar-refractivity contribution in [3.63, 3.8) is 0 Å². The highest BCUT2D eigenvalue weighted by atomic mass is 16.6. The van der Waals surface area contributed by atoms with Crippen molar-refractivity contribution >= 4 is 0 Å². The van der Waals surface area contributed by atoms with Gasteiger partial charge in [0.25, 0.3) is 0 Å². The minimum absolute atomic E-state index is 0.0259. The van der Waals surface area contributed by atoms with Crippen LogP contribution in [-0.2, 0) is 16.1 Å². The fraction of sp³-hybridized carbons (Fsp3) is 0.600. The van der Waals surface area contributed by atoms with Crippen LogP contribution in [-0.4, -0.2) is 57.8 Å². The summed E-state index contributed by atoms with van der Waals surface area (Å²) in [5.41, 5.74) is 0.789. The van der Waals surface area contributed by atoms with Crippen LogP contribution >= 0.6 is 0 Å². The van der Waals surface area contributed by atoms with Crippen molar-refractivity contribution in [3.05, 3.63) is 23.8 Å². The standard InChI is InChI=1S/C15H23NO5/c17-12-13-1-2-14-15(11-13)21-10-8-19-6-4-16-3-5-18-7-9-20-14/h1-2,11,16-17H,3-10,12H2. The van der Waals surface area contributed by atoms with Gasteiger partial charge in [-0.1, -0.05) is 6.07 Å². The molecule has 6 nitrogen and oxygen atoms in total. The van der Waals surface area contributed by atoms with Crippen LogP contribution in [0.25, 0.3) is 0 Å². The van der Waals surface area contributed by atoms with E-state index in [1.807, 2.05) is 6.07 Å². The van der Waals surface area contributed by atoms with Gasteiger partial charge in [0.05, 0.1) is 33.0 Å². The zero-order valence-electron chi connectivity index (χ0n) is 12.2. The molecule has 0 radical (unpaired) electrons. The summed E-state index contributed by atoms with van der Waals surface area (Å²) >= 11 is 0. The van der Waals surface area contributed by atoms with E-state index in [1.165, 1.54) is 0 Å². The molecule has 1 aliphatic rings. The number of hydrogen-bond acceptors (Lipinski definition) is 6. The van der Waals surface area contributed by atoms with Crippen molar-refractivity contribution in [3.8, 4) is 11.5 Å². The van der Waals surface area contributed by atoms with Gasteiger partial charge in [-0.05, 0) is 17.7 Å². The minimum atomic E-state index is -0.0259. The lowest BCUT2D eigenvalue weighted by molar-refractivity contribution is 0.0975. The van der Waals surface area contributed by atoms with Gasteiger partial charge in [-0.25, -0.2) is 0 Å². The third-order valence-corrected chi connectivity index (χ3v) is 3.01. The lowest BCUT2D eigenvalue weighted by atomic mass is 10.2. The molecular weight excluding hydrogens is 274 g/mol. The maximum atomic E-state index is 9.20. The lowest BCUT2D eigenvalue weighted by Crippen LogP contribution is -2.25. The van der Waals surface area contributed by atoms with Crippen LogP contribution in [0, 0.1) is 0 Å². The average Bonchev–Trinajstić information content (AvgIpc) is 2.52. The highest BCUT2D eigenvalue weighted by Crippen LogP contribution is 2.28. The van der Waals surface area contributed by atoms with Crippen LogP contribution in [0.2, 0.25) is 0 Å². The average molecular weight is 297 g/mol. The molecule has 0 unspecified atom stereocenters. The molecule has 0 spiro atoms. The first-order chi connectivity index (χ1) is 10.4. The number of nitrogens with one attached hydrogen (secondary N) is 1. The molecule has 1 aliphatic heterocycles. The number of benzene rings is 1. The molecule has 21 heavy (non-hydrogen) atoms. The van der Waals surface area contributed by atoms with Crippen LogP contribution in [0.5, 0.6) is 11.5 Å². The molecule has 0 atom stereocenters. The second-order valence-corrected chi connectivity index (χ2v) is 4.61. The van der Waals surface area contributed by atoms with Crippen molar-refractivity contribution in [2.45, 2.75) is 6.61 Å². The fourth-order valence-corrected chi connectivity index (χ4v) is 1.92. The Balaban J connectivity index is 1.96. The van der Waals surface area contributed by atoms with Gasteiger partial charge < -0.3 is 29.4 Å². The smallest absolute Gasteiger partial charge is 0.161 e. The highest BCUT2D eigenvalue weighted by molar-refractivity contribution is 5.42. The quantitative estimate of drug-likeness (QED) is 0.790. The largest absolute Gasteiger partial charge is 0.487 e. The second-order valence-electron chi connectivity index (χ2n) is 4.61. The normalized spacial score (nSPS) is 18.5. The molecule has 2 rings (SSSR count). The van der Waals surface area contributed by atoms with Crippen molar-refractivity contribution in [1.82, 2.24) is 5.32 Å². The summed E-state index contributed by atoms with van der Waals surface area (Å²) in [7, 11) is 0. The van der Waals surface area contributed by atoms with Crippen molar-refractivity contribution in [2.24, 2.45) is 0 Å². The number of rotatable bonds is 1. The highest BCUT2D eigenvalue weighted by Gasteiger charge is 2.07. The number of ether oxygens (including phenoxy) is 4. The molecule has 0 saturated heterocycles. The van der Waals surface area contributed by atoms with E-state index in [0.29, 0.717) is 51.1 Å². The van der Waals surface area contributed by atoms with E-state index in [1.54, 1.807) is 12.1 Å². The third-order valence-electron chi connectivity index (χ3n) is 3.01. The minimum Gasteiger partial charge on any atom is -0.487 e. The van der Waals surface area contributed by atoms with E-state index in [2.05, 4.69) is 5.32 Å². The summed E-state index contributed by atoms with van der Waals surface area (Å²) in [6.45, 7) is 4.82. The topological polar surface area (TPSA) is 69.2 Å². The molecule has 0 aliphatic carbocycles. The molecule has 1 aromatic rings. The van der Waals surface area contributed by atoms with Gasteiger partial charge in [-0.15, -0.1) is 0 Å². The Morgan fingerprint density at radius 2 is 1.52 bits per heavy atom. The van der Waals surface area contributed by atoms with Crippen LogP contribution in [0.4, 0.5) is 0 Å². The summed E-state index contributed by atoms with van der Waals surface area (Å²) in [5.74, 6) is 1.28. The predicted octanol–water partition coefficient (Wildman–Crippen LogP) is 0.573. The second kappa shape index (κ2) is 9.57. The van der Waals surface area contributed by atoms with Gasteiger partial charge >= 0.3 is 0 Å². The summed E-state index contributed by atoms with van der Waals surface area (Å²) in [6, 6.07) is 5.41. The summed E-state index contributed by atoms with van der Waals surface area (Å²) in [4.78, 5) is 0. The fourth-order valence-electron chi connectivity index (χ4n) is 1.92. The van der Waals surface area contributed by atoms with Gasteiger partial charge in [0.1, 0.15) is 13.2 Å². The van der Waals surface area contributed by atoms with Crippen LogP contribution in [0.3, 0.4) is 0 Å². The van der Waals surface area contributed by atoms with Crippen LogP contribution in [0.15, 0.2) is 18.2 Å². The molecule has 0 amide bonds. The van der Waals surface area contributed by atoms with Gasteiger partial charge in [-0.3, -0.25) is 0 Å². The first-order valence-corrected chi connectivity index (χ1v) is 7.26. The van der Waals surface area contributed by atoms with E-state index >= 15 is 0 Å². The van der Waals surface area contributed by atoms with Gasteiger partial charge in [0, 0.05) is 13.1 Å². The van der Waals surface area contributed by atoms with E-state index < -0.39 is 0 Å². The Bertz CT molecular complexity index is 413. The SMILES string of the molecule is OCc1ccc2c(c1)OCCOCCNCCOCCO2. The molecule has 1 aromatic carbocycles. The van der Waals surface area contributed by atoms with Crippen molar-refractivity contribution in [1.29, 1.82) is 0 Å². The van der Waals surface area contributed by atoms with Crippen LogP contribution in [0.1, 0.15) is 5.56 Å². The van der Waals surface area contributed by atoms with Crippen molar-refractivity contribution in [2.75, 3.05) is 52.7 Å². The zero-order valence-corrected chi connectivity index (χ0v) is 12.2. The molecule has 2 N–H and O–H groups in total. The maximum Gasteiger partial charge on any atom is 0.161 e. The molecule has 0 bridgehead atoms. The summed E-state index contributed by atoms with van der Waals surface area (Å²) in [6.07, 6.45) is 0. The van der Waals surface area contributed by atoms with Gasteiger partial charge in [0.15, 0.2) is 11.5 Å². The Kier molecular flexibility index (Phi) is 7.31. The van der Waals surface area contributed by atoms with E-state index in [0.717, 1.165) is 18.7 Å². The molecule has 0 saturated carbocycles. The van der Waals surface area contributed by atoms with Crippen LogP contribution < -0.4 is 14.8 Å². The molecule has 118 valence electrons. The summed E-state index contributed by atoms with van der Waals surface area (Å²) in [5, 5.41) is 12.4. The Hall–Kier alpha value is -1.34. The molecule has 6 heteroatoms. The van der Waals surface area contributed by atoms with Crippen molar-refractivity contribution < 1.29 is 24.1 Å². The molecule has 0 aromatic heterocycles. The van der Waals surface area contributed by atoms with E-state index in [4.69, 9.17) is 18.9 Å². The first-order valence-electron chi connectivity index (χ1n) is 7.26. The van der Waals surface area contributed by atoms with Gasteiger partial charge in [0.2, 0.25) is 0 Å². The summed E-state index contributed by atoms with van der Waals surface area (Å²) < 4.78 is 22.3. The number of fused-ring (bicyclic) bond motifs is 1. The third kappa shape index (κ3) is 5.89. The Morgan fingerprint density at radius 3 is 2.19 bits per heavy atom. The predicted molar refractivity (Wildman–Crippen MR) is 77.9 cm³/mol. The van der Waals surface area contributed by atoms with E-state index in [-0.39, 0.29) is 6.61 Å².